The van der Waals surface area contributed by atoms with Crippen LogP contribution in [0.4, 0.5) is 4.79 Å². The molecular weight excluding hydrogens is 172 g/mol. The maximum atomic E-state index is 9.50. The van der Waals surface area contributed by atoms with Gasteiger partial charge in [0, 0.05) is 13.7 Å². The zero-order valence-electron chi connectivity index (χ0n) is 6.83. The largest absolute Gasteiger partial charge is 0.507 e. The summed E-state index contributed by atoms with van der Waals surface area (Å²) in [6.07, 6.45) is -1.34. The number of carbonyl (C=O) groups is 1. The topological polar surface area (TPSA) is 55.8 Å². The van der Waals surface area contributed by atoms with Crippen LogP contribution >= 0.6 is 11.6 Å². The van der Waals surface area contributed by atoms with Crippen molar-refractivity contribution in [2.75, 3.05) is 13.7 Å². The summed E-state index contributed by atoms with van der Waals surface area (Å²) in [7, 11) is 1.68. The SMILES string of the molecule is CC(Cl)OC(=O)O.CCOC. The molecule has 0 amide bonds. The van der Waals surface area contributed by atoms with Gasteiger partial charge in [-0.3, -0.25) is 0 Å². The van der Waals surface area contributed by atoms with Crippen LogP contribution in [-0.2, 0) is 9.47 Å². The molecule has 0 saturated heterocycles. The van der Waals surface area contributed by atoms with E-state index in [4.69, 9.17) is 16.7 Å². The van der Waals surface area contributed by atoms with Crippen molar-refractivity contribution in [3.63, 3.8) is 0 Å². The number of rotatable bonds is 2. The molecular formula is C6H13ClO4. The van der Waals surface area contributed by atoms with Gasteiger partial charge >= 0.3 is 6.16 Å². The molecule has 0 aliphatic heterocycles. The number of alkyl halides is 1. The van der Waals surface area contributed by atoms with E-state index in [1.807, 2.05) is 6.92 Å². The predicted octanol–water partition coefficient (Wildman–Crippen LogP) is 1.92. The zero-order valence-corrected chi connectivity index (χ0v) is 7.59. The first kappa shape index (κ1) is 13.1. The Labute approximate surface area is 71.1 Å². The summed E-state index contributed by atoms with van der Waals surface area (Å²) in [5.41, 5.74) is -0.752. The van der Waals surface area contributed by atoms with E-state index < -0.39 is 11.7 Å². The van der Waals surface area contributed by atoms with Crippen molar-refractivity contribution in [1.29, 1.82) is 0 Å². The summed E-state index contributed by atoms with van der Waals surface area (Å²) in [5.74, 6) is 0. The summed E-state index contributed by atoms with van der Waals surface area (Å²) < 4.78 is 8.47. The van der Waals surface area contributed by atoms with Crippen LogP contribution in [0.1, 0.15) is 13.8 Å². The lowest BCUT2D eigenvalue weighted by Crippen LogP contribution is -2.05. The Hall–Kier alpha value is -0.480. The van der Waals surface area contributed by atoms with Crippen molar-refractivity contribution < 1.29 is 19.4 Å². The van der Waals surface area contributed by atoms with E-state index in [-0.39, 0.29) is 0 Å². The normalized spacial score (nSPS) is 10.9. The molecule has 1 atom stereocenters. The van der Waals surface area contributed by atoms with Crippen molar-refractivity contribution >= 4 is 17.8 Å². The Morgan fingerprint density at radius 2 is 2.09 bits per heavy atom. The van der Waals surface area contributed by atoms with Gasteiger partial charge in [-0.1, -0.05) is 11.6 Å². The van der Waals surface area contributed by atoms with Crippen LogP contribution in [0, 0.1) is 0 Å². The molecule has 0 aliphatic carbocycles. The van der Waals surface area contributed by atoms with Gasteiger partial charge in [0.2, 0.25) is 0 Å². The van der Waals surface area contributed by atoms with Crippen LogP contribution in [0.5, 0.6) is 0 Å². The number of hydrogen-bond donors (Lipinski definition) is 1. The van der Waals surface area contributed by atoms with E-state index in [0.717, 1.165) is 6.61 Å². The molecule has 0 radical (unpaired) electrons. The molecule has 0 rings (SSSR count). The second-order valence-electron chi connectivity index (χ2n) is 1.50. The molecule has 0 aromatic rings. The lowest BCUT2D eigenvalue weighted by Gasteiger charge is -1.97. The lowest BCUT2D eigenvalue weighted by molar-refractivity contribution is 0.0850. The van der Waals surface area contributed by atoms with Crippen LogP contribution in [0.15, 0.2) is 0 Å². The summed E-state index contributed by atoms with van der Waals surface area (Å²) in [6.45, 7) is 4.20. The Morgan fingerprint density at radius 1 is 1.73 bits per heavy atom. The van der Waals surface area contributed by atoms with Crippen LogP contribution in [0.25, 0.3) is 0 Å². The highest BCUT2D eigenvalue weighted by molar-refractivity contribution is 6.19. The average Bonchev–Trinajstić information content (AvgIpc) is 1.85. The van der Waals surface area contributed by atoms with E-state index in [1.165, 1.54) is 6.92 Å². The summed E-state index contributed by atoms with van der Waals surface area (Å²) >= 11 is 5.07. The minimum atomic E-state index is -1.34. The van der Waals surface area contributed by atoms with Crippen LogP contribution in [0.2, 0.25) is 0 Å². The third-order valence-electron chi connectivity index (χ3n) is 0.552. The monoisotopic (exact) mass is 184 g/mol. The minimum absolute atomic E-state index is 0.752. The zero-order chi connectivity index (χ0) is 9.28. The fourth-order valence-electron chi connectivity index (χ4n) is 0.139. The van der Waals surface area contributed by atoms with Gasteiger partial charge < -0.3 is 14.6 Å². The van der Waals surface area contributed by atoms with E-state index >= 15 is 0 Å². The first-order chi connectivity index (χ1) is 5.04. The summed E-state index contributed by atoms with van der Waals surface area (Å²) in [4.78, 5) is 9.50. The van der Waals surface area contributed by atoms with Crippen molar-refractivity contribution in [3.8, 4) is 0 Å². The third kappa shape index (κ3) is 26.4. The molecule has 0 aromatic heterocycles. The Kier molecular flexibility index (Phi) is 11.4. The van der Waals surface area contributed by atoms with E-state index in [9.17, 15) is 4.79 Å². The first-order valence-corrected chi connectivity index (χ1v) is 3.50. The molecule has 0 aromatic carbocycles. The van der Waals surface area contributed by atoms with Gasteiger partial charge in [0.25, 0.3) is 0 Å². The van der Waals surface area contributed by atoms with Crippen LogP contribution in [0.3, 0.4) is 0 Å². The minimum Gasteiger partial charge on any atom is -0.450 e. The van der Waals surface area contributed by atoms with Crippen molar-refractivity contribution in [3.05, 3.63) is 0 Å². The quantitative estimate of drug-likeness (QED) is 0.526. The standard InChI is InChI=1S/C3H5ClO3.C3H8O/c1-2(4)7-3(5)6;1-3-4-2/h2H,1H3,(H,5,6);3H2,1-2H3. The number of ether oxygens (including phenoxy) is 2. The van der Waals surface area contributed by atoms with Crippen LogP contribution < -0.4 is 0 Å². The van der Waals surface area contributed by atoms with Gasteiger partial charge in [0.1, 0.15) is 0 Å². The fourth-order valence-corrected chi connectivity index (χ4v) is 0.215. The second kappa shape index (κ2) is 9.52. The number of methoxy groups -OCH3 is 1. The Morgan fingerprint density at radius 3 is 2.09 bits per heavy atom. The van der Waals surface area contributed by atoms with Crippen LogP contribution in [-0.4, -0.2) is 30.5 Å². The van der Waals surface area contributed by atoms with E-state index in [0.29, 0.717) is 0 Å². The van der Waals surface area contributed by atoms with Gasteiger partial charge in [-0.25, -0.2) is 4.79 Å². The van der Waals surface area contributed by atoms with Gasteiger partial charge in [0.15, 0.2) is 5.56 Å². The second-order valence-corrected chi connectivity index (χ2v) is 2.12. The number of carboxylic acid groups (broad SMARTS) is 1. The molecule has 0 aliphatic rings. The predicted molar refractivity (Wildman–Crippen MR) is 42.0 cm³/mol. The molecule has 68 valence electrons. The fraction of sp³-hybridized carbons (Fsp3) is 0.833. The molecule has 0 fully saturated rings. The molecule has 0 saturated carbocycles. The molecule has 0 spiro atoms. The highest BCUT2D eigenvalue weighted by atomic mass is 35.5. The highest BCUT2D eigenvalue weighted by Crippen LogP contribution is 1.94. The molecule has 1 N–H and O–H groups in total. The summed E-state index contributed by atoms with van der Waals surface area (Å²) in [5, 5.41) is 7.78. The number of hydrogen-bond acceptors (Lipinski definition) is 3. The van der Waals surface area contributed by atoms with Gasteiger partial charge in [0.05, 0.1) is 0 Å². The first-order valence-electron chi connectivity index (χ1n) is 3.07. The molecule has 0 bridgehead atoms. The maximum Gasteiger partial charge on any atom is 0.507 e. The lowest BCUT2D eigenvalue weighted by atomic mass is 10.9. The average molecular weight is 185 g/mol. The van der Waals surface area contributed by atoms with Gasteiger partial charge in [-0.15, -0.1) is 0 Å². The summed E-state index contributed by atoms with van der Waals surface area (Å²) in [6, 6.07) is 0. The number of halogens is 1. The van der Waals surface area contributed by atoms with Crippen molar-refractivity contribution in [2.24, 2.45) is 0 Å². The Balaban J connectivity index is 0. The van der Waals surface area contributed by atoms with Crippen molar-refractivity contribution in [2.45, 2.75) is 19.4 Å². The molecule has 1 unspecified atom stereocenters. The molecule has 0 heterocycles. The molecule has 4 nitrogen and oxygen atoms in total. The van der Waals surface area contributed by atoms with E-state index in [2.05, 4.69) is 9.47 Å². The Bertz CT molecular complexity index is 92.6. The van der Waals surface area contributed by atoms with Gasteiger partial charge in [-0.2, -0.15) is 0 Å². The molecule has 5 heteroatoms. The smallest absolute Gasteiger partial charge is 0.450 e. The molecule has 11 heavy (non-hydrogen) atoms. The van der Waals surface area contributed by atoms with Gasteiger partial charge in [-0.05, 0) is 13.8 Å². The third-order valence-corrected chi connectivity index (χ3v) is 0.641. The maximum absolute atomic E-state index is 9.50. The highest BCUT2D eigenvalue weighted by Gasteiger charge is 1.99. The van der Waals surface area contributed by atoms with Crippen molar-refractivity contribution in [1.82, 2.24) is 0 Å². The van der Waals surface area contributed by atoms with E-state index in [1.54, 1.807) is 7.11 Å².